The zero-order valence-corrected chi connectivity index (χ0v) is 11.4. The first kappa shape index (κ1) is 17.8. The Morgan fingerprint density at radius 1 is 1.20 bits per heavy atom. The van der Waals surface area contributed by atoms with Crippen LogP contribution in [-0.4, -0.2) is 67.3 Å². The minimum absolute atomic E-state index is 0.268. The predicted molar refractivity (Wildman–Crippen MR) is 65.9 cm³/mol. The quantitative estimate of drug-likeness (QED) is 0.561. The fourth-order valence-corrected chi connectivity index (χ4v) is 1.21. The van der Waals surface area contributed by atoms with E-state index < -0.39 is 37.1 Å². The van der Waals surface area contributed by atoms with Crippen molar-refractivity contribution in [2.24, 2.45) is 0 Å². The lowest BCUT2D eigenvalue weighted by atomic mass is 10.4. The maximum absolute atomic E-state index is 11.7. The highest BCUT2D eigenvalue weighted by atomic mass is 16.5. The fourth-order valence-electron chi connectivity index (χ4n) is 1.21. The Balaban J connectivity index is 4.26. The van der Waals surface area contributed by atoms with Crippen molar-refractivity contribution in [2.45, 2.75) is 13.3 Å². The molecule has 0 aromatic rings. The molecule has 0 bridgehead atoms. The summed E-state index contributed by atoms with van der Waals surface area (Å²) in [6, 6.07) is -0.763. The van der Waals surface area contributed by atoms with Crippen LogP contribution in [0.3, 0.4) is 0 Å². The molecule has 0 unspecified atom stereocenters. The van der Waals surface area contributed by atoms with E-state index in [0.29, 0.717) is 6.42 Å². The lowest BCUT2D eigenvalue weighted by Crippen LogP contribution is -2.46. The zero-order valence-electron chi connectivity index (χ0n) is 11.4. The number of hydrogen-bond acceptors (Lipinski definition) is 6. The highest BCUT2D eigenvalue weighted by Gasteiger charge is 2.18. The molecule has 3 amide bonds. The SMILES string of the molecule is CCCN(CC(=O)OC)C(=O)NC(=O)COCC(=O)O. The maximum atomic E-state index is 11.7. The van der Waals surface area contributed by atoms with Crippen LogP contribution in [0.1, 0.15) is 13.3 Å². The molecule has 0 aliphatic carbocycles. The van der Waals surface area contributed by atoms with E-state index in [4.69, 9.17) is 5.11 Å². The number of hydrogen-bond donors (Lipinski definition) is 2. The second-order valence-electron chi connectivity index (χ2n) is 3.74. The van der Waals surface area contributed by atoms with Crippen molar-refractivity contribution in [1.82, 2.24) is 10.2 Å². The minimum atomic E-state index is -1.22. The summed E-state index contributed by atoms with van der Waals surface area (Å²) >= 11 is 0. The van der Waals surface area contributed by atoms with E-state index in [-0.39, 0.29) is 13.1 Å². The van der Waals surface area contributed by atoms with Gasteiger partial charge in [0.1, 0.15) is 19.8 Å². The number of imide groups is 1. The molecule has 0 spiro atoms. The fraction of sp³-hybridized carbons (Fsp3) is 0.636. The van der Waals surface area contributed by atoms with E-state index in [1.807, 2.05) is 5.32 Å². The van der Waals surface area contributed by atoms with Crippen LogP contribution in [0.15, 0.2) is 0 Å². The third-order valence-electron chi connectivity index (χ3n) is 2.03. The number of amides is 3. The summed E-state index contributed by atoms with van der Waals surface area (Å²) in [5.41, 5.74) is 0. The van der Waals surface area contributed by atoms with Gasteiger partial charge in [-0.2, -0.15) is 0 Å². The van der Waals surface area contributed by atoms with Gasteiger partial charge in [-0.3, -0.25) is 14.9 Å². The third-order valence-corrected chi connectivity index (χ3v) is 2.03. The van der Waals surface area contributed by atoms with E-state index in [2.05, 4.69) is 9.47 Å². The molecule has 9 nitrogen and oxygen atoms in total. The second kappa shape index (κ2) is 9.73. The highest BCUT2D eigenvalue weighted by molar-refractivity contribution is 5.96. The van der Waals surface area contributed by atoms with Crippen molar-refractivity contribution in [3.63, 3.8) is 0 Å². The topological polar surface area (TPSA) is 122 Å². The van der Waals surface area contributed by atoms with Gasteiger partial charge in [-0.15, -0.1) is 0 Å². The van der Waals surface area contributed by atoms with Gasteiger partial charge in [-0.25, -0.2) is 9.59 Å². The number of nitrogens with zero attached hydrogens (tertiary/aromatic N) is 1. The monoisotopic (exact) mass is 290 g/mol. The number of carbonyl (C=O) groups is 4. The summed E-state index contributed by atoms with van der Waals surface area (Å²) in [4.78, 5) is 45.4. The first-order chi connectivity index (χ1) is 9.40. The van der Waals surface area contributed by atoms with Crippen LogP contribution in [-0.2, 0) is 23.9 Å². The van der Waals surface area contributed by atoms with Crippen LogP contribution in [0, 0.1) is 0 Å². The van der Waals surface area contributed by atoms with E-state index in [9.17, 15) is 19.2 Å². The Bertz CT molecular complexity index is 370. The van der Waals surface area contributed by atoms with Crippen molar-refractivity contribution in [3.8, 4) is 0 Å². The van der Waals surface area contributed by atoms with Crippen LogP contribution in [0.25, 0.3) is 0 Å². The van der Waals surface area contributed by atoms with Crippen molar-refractivity contribution < 1.29 is 33.8 Å². The predicted octanol–water partition coefficient (Wildman–Crippen LogP) is -0.791. The van der Waals surface area contributed by atoms with Crippen molar-refractivity contribution in [3.05, 3.63) is 0 Å². The number of carboxylic acids is 1. The van der Waals surface area contributed by atoms with Gasteiger partial charge in [0.15, 0.2) is 0 Å². The first-order valence-electron chi connectivity index (χ1n) is 5.85. The highest BCUT2D eigenvalue weighted by Crippen LogP contribution is 1.94. The summed E-state index contributed by atoms with van der Waals surface area (Å²) in [6.45, 7) is 0.595. The summed E-state index contributed by atoms with van der Waals surface area (Å²) in [6.07, 6.45) is 0.591. The molecule has 0 aromatic heterocycles. The van der Waals surface area contributed by atoms with Gasteiger partial charge in [0.25, 0.3) is 5.91 Å². The number of carbonyl (C=O) groups excluding carboxylic acids is 3. The van der Waals surface area contributed by atoms with Gasteiger partial charge in [0.2, 0.25) is 0 Å². The van der Waals surface area contributed by atoms with Gasteiger partial charge >= 0.3 is 18.0 Å². The molecular formula is C11H18N2O7. The molecule has 0 heterocycles. The molecule has 0 aliphatic rings. The molecule has 0 saturated carbocycles. The van der Waals surface area contributed by atoms with Crippen molar-refractivity contribution in [1.29, 1.82) is 0 Å². The lowest BCUT2D eigenvalue weighted by molar-refractivity contribution is -0.144. The molecule has 0 saturated heterocycles. The molecule has 0 radical (unpaired) electrons. The van der Waals surface area contributed by atoms with Crippen LogP contribution >= 0.6 is 0 Å². The molecular weight excluding hydrogens is 272 g/mol. The zero-order chi connectivity index (χ0) is 15.5. The first-order valence-corrected chi connectivity index (χ1v) is 5.85. The summed E-state index contributed by atoms with van der Waals surface area (Å²) in [7, 11) is 1.19. The number of urea groups is 1. The number of nitrogens with one attached hydrogen (secondary N) is 1. The normalized spacial score (nSPS) is 9.70. The maximum Gasteiger partial charge on any atom is 0.329 e. The van der Waals surface area contributed by atoms with Gasteiger partial charge in [-0.05, 0) is 6.42 Å². The average molecular weight is 290 g/mol. The van der Waals surface area contributed by atoms with Gasteiger partial charge in [0, 0.05) is 6.54 Å². The lowest BCUT2D eigenvalue weighted by Gasteiger charge is -2.20. The Hall–Kier alpha value is -2.16. The number of methoxy groups -OCH3 is 1. The van der Waals surface area contributed by atoms with Gasteiger partial charge in [-0.1, -0.05) is 6.92 Å². The van der Waals surface area contributed by atoms with Crippen molar-refractivity contribution in [2.75, 3.05) is 33.4 Å². The number of aliphatic carboxylic acids is 1. The van der Waals surface area contributed by atoms with E-state index in [1.54, 1.807) is 6.92 Å². The third kappa shape index (κ3) is 8.03. The number of rotatable bonds is 8. The Labute approximate surface area is 115 Å². The number of carboxylic acid groups (broad SMARTS) is 1. The smallest absolute Gasteiger partial charge is 0.329 e. The molecule has 0 aromatic carbocycles. The van der Waals surface area contributed by atoms with Crippen LogP contribution in [0.5, 0.6) is 0 Å². The van der Waals surface area contributed by atoms with Gasteiger partial charge in [0.05, 0.1) is 7.11 Å². The Kier molecular flexibility index (Phi) is 8.68. The van der Waals surface area contributed by atoms with Crippen LogP contribution in [0.2, 0.25) is 0 Å². The average Bonchev–Trinajstić information content (AvgIpc) is 2.37. The standard InChI is InChI=1S/C11H18N2O7/c1-3-4-13(5-10(17)19-2)11(18)12-8(14)6-20-7-9(15)16/h3-7H2,1-2H3,(H,15,16)(H,12,14,18). The summed E-state index contributed by atoms with van der Waals surface area (Å²) in [5.74, 6) is -2.62. The summed E-state index contributed by atoms with van der Waals surface area (Å²) in [5, 5.41) is 10.3. The Morgan fingerprint density at radius 2 is 1.85 bits per heavy atom. The van der Waals surface area contributed by atoms with Gasteiger partial charge < -0.3 is 19.5 Å². The van der Waals surface area contributed by atoms with E-state index in [0.717, 1.165) is 4.90 Å². The minimum Gasteiger partial charge on any atom is -0.480 e. The molecule has 2 N–H and O–H groups in total. The molecule has 20 heavy (non-hydrogen) atoms. The van der Waals surface area contributed by atoms with Crippen LogP contribution < -0.4 is 5.32 Å². The molecule has 0 atom stereocenters. The largest absolute Gasteiger partial charge is 0.480 e. The Morgan fingerprint density at radius 3 is 2.35 bits per heavy atom. The molecule has 114 valence electrons. The molecule has 0 rings (SSSR count). The molecule has 9 heteroatoms. The van der Waals surface area contributed by atoms with Crippen molar-refractivity contribution >= 4 is 23.9 Å². The van der Waals surface area contributed by atoms with E-state index in [1.165, 1.54) is 7.11 Å². The molecule has 0 aliphatic heterocycles. The summed E-state index contributed by atoms with van der Waals surface area (Å²) < 4.78 is 8.96. The molecule has 0 fully saturated rings. The van der Waals surface area contributed by atoms with E-state index >= 15 is 0 Å². The second-order valence-corrected chi connectivity index (χ2v) is 3.74. The number of esters is 1. The van der Waals surface area contributed by atoms with Crippen LogP contribution in [0.4, 0.5) is 4.79 Å². The number of ether oxygens (including phenoxy) is 2.